The van der Waals surface area contributed by atoms with Crippen molar-refractivity contribution in [1.29, 1.82) is 0 Å². The van der Waals surface area contributed by atoms with Crippen LogP contribution in [-0.4, -0.2) is 44.5 Å². The highest BCUT2D eigenvalue weighted by Gasteiger charge is 2.17. The number of sulfonamides is 1. The number of fused-ring (bicyclic) bond motifs is 1. The second-order valence-corrected chi connectivity index (χ2v) is 11.0. The molecule has 0 aliphatic carbocycles. The van der Waals surface area contributed by atoms with Crippen molar-refractivity contribution < 1.29 is 8.42 Å². The van der Waals surface area contributed by atoms with E-state index in [9.17, 15) is 8.42 Å². The summed E-state index contributed by atoms with van der Waals surface area (Å²) in [5, 5.41) is 2.83. The van der Waals surface area contributed by atoms with Crippen LogP contribution < -0.4 is 4.72 Å². The molecule has 3 aromatic carbocycles. The van der Waals surface area contributed by atoms with E-state index in [1.54, 1.807) is 30.6 Å². The van der Waals surface area contributed by atoms with E-state index in [1.807, 2.05) is 66.7 Å². The van der Waals surface area contributed by atoms with E-state index < -0.39 is 10.0 Å². The van der Waals surface area contributed by atoms with Gasteiger partial charge in [0.25, 0.3) is 0 Å². The number of benzene rings is 3. The van der Waals surface area contributed by atoms with Gasteiger partial charge in [-0.2, -0.15) is 0 Å². The van der Waals surface area contributed by atoms with Gasteiger partial charge < -0.3 is 0 Å². The lowest BCUT2D eigenvalue weighted by molar-refractivity contribution is 0.341. The van der Waals surface area contributed by atoms with Crippen molar-refractivity contribution in [3.63, 3.8) is 0 Å². The van der Waals surface area contributed by atoms with Crippen LogP contribution in [0.2, 0.25) is 10.0 Å². The minimum Gasteiger partial charge on any atom is -0.295 e. The fourth-order valence-electron chi connectivity index (χ4n) is 3.82. The van der Waals surface area contributed by atoms with Crippen molar-refractivity contribution in [1.82, 2.24) is 14.6 Å². The monoisotopic (exact) mass is 551 g/mol. The summed E-state index contributed by atoms with van der Waals surface area (Å²) in [7, 11) is -3.68. The molecule has 0 unspecified atom stereocenters. The van der Waals surface area contributed by atoms with E-state index >= 15 is 0 Å². The number of nitrogens with zero attached hydrogens (tertiary/aromatic N) is 2. The molecule has 0 spiro atoms. The SMILES string of the molecule is O=S(=O)(NCCN(CC=Cc1ccc(Cl)cc1)CC=Cc1ccc(Cl)cc1)c1cccc2cnccc12. The first kappa shape index (κ1) is 27.0. The van der Waals surface area contributed by atoms with Gasteiger partial charge in [-0.05, 0) is 47.5 Å². The Kier molecular flexibility index (Phi) is 9.50. The van der Waals surface area contributed by atoms with Crippen molar-refractivity contribution in [3.05, 3.63) is 119 Å². The van der Waals surface area contributed by atoms with Gasteiger partial charge in [0.2, 0.25) is 10.0 Å². The molecule has 1 heterocycles. The number of hydrogen-bond donors (Lipinski definition) is 1. The number of nitrogens with one attached hydrogen (secondary N) is 1. The third-order valence-corrected chi connectivity index (χ3v) is 7.76. The fraction of sp³-hybridized carbons (Fsp3) is 0.138. The van der Waals surface area contributed by atoms with Gasteiger partial charge in [-0.15, -0.1) is 0 Å². The highest BCUT2D eigenvalue weighted by molar-refractivity contribution is 7.89. The van der Waals surface area contributed by atoms with Crippen LogP contribution in [-0.2, 0) is 10.0 Å². The molecule has 0 amide bonds. The molecule has 4 aromatic rings. The molecule has 37 heavy (non-hydrogen) atoms. The first-order chi connectivity index (χ1) is 17.9. The molecular weight excluding hydrogens is 525 g/mol. The molecule has 0 saturated carbocycles. The molecule has 0 fully saturated rings. The normalized spacial score (nSPS) is 12.3. The Balaban J connectivity index is 1.42. The summed E-state index contributed by atoms with van der Waals surface area (Å²) in [6, 6.07) is 22.2. The van der Waals surface area contributed by atoms with Crippen molar-refractivity contribution in [3.8, 4) is 0 Å². The Hall–Kier alpha value is -3.00. The molecule has 1 aromatic heterocycles. The molecule has 0 aliphatic heterocycles. The Labute approximate surface area is 228 Å². The summed E-state index contributed by atoms with van der Waals surface area (Å²) >= 11 is 12.0. The average molecular weight is 553 g/mol. The molecule has 0 radical (unpaired) electrons. The lowest BCUT2D eigenvalue weighted by Gasteiger charge is -2.19. The Morgan fingerprint density at radius 3 is 2.00 bits per heavy atom. The molecule has 5 nitrogen and oxygen atoms in total. The van der Waals surface area contributed by atoms with E-state index in [-0.39, 0.29) is 11.4 Å². The first-order valence-electron chi connectivity index (χ1n) is 11.8. The minimum atomic E-state index is -3.68. The van der Waals surface area contributed by atoms with E-state index in [4.69, 9.17) is 23.2 Å². The predicted octanol–water partition coefficient (Wildman–Crippen LogP) is 6.55. The van der Waals surface area contributed by atoms with Gasteiger partial charge in [0.1, 0.15) is 0 Å². The zero-order chi connectivity index (χ0) is 26.1. The van der Waals surface area contributed by atoms with Gasteiger partial charge in [0, 0.05) is 59.4 Å². The van der Waals surface area contributed by atoms with Crippen LogP contribution in [0.25, 0.3) is 22.9 Å². The third-order valence-electron chi connectivity index (χ3n) is 5.74. The average Bonchev–Trinajstić information content (AvgIpc) is 2.90. The van der Waals surface area contributed by atoms with Crippen LogP contribution in [0.1, 0.15) is 11.1 Å². The fourth-order valence-corrected chi connectivity index (χ4v) is 5.32. The van der Waals surface area contributed by atoms with Gasteiger partial charge in [0.05, 0.1) is 4.90 Å². The topological polar surface area (TPSA) is 62.3 Å². The summed E-state index contributed by atoms with van der Waals surface area (Å²) in [6.07, 6.45) is 11.4. The Bertz CT molecular complexity index is 1420. The van der Waals surface area contributed by atoms with Crippen molar-refractivity contribution in [2.45, 2.75) is 4.90 Å². The highest BCUT2D eigenvalue weighted by atomic mass is 35.5. The minimum absolute atomic E-state index is 0.254. The van der Waals surface area contributed by atoms with E-state index in [1.165, 1.54) is 0 Å². The first-order valence-corrected chi connectivity index (χ1v) is 14.0. The van der Waals surface area contributed by atoms with Crippen molar-refractivity contribution in [2.24, 2.45) is 0 Å². The molecule has 8 heteroatoms. The van der Waals surface area contributed by atoms with Gasteiger partial charge in [-0.25, -0.2) is 13.1 Å². The van der Waals surface area contributed by atoms with E-state index in [0.717, 1.165) is 16.5 Å². The van der Waals surface area contributed by atoms with Crippen LogP contribution in [0, 0.1) is 0 Å². The predicted molar refractivity (Wildman–Crippen MR) is 154 cm³/mol. The highest BCUT2D eigenvalue weighted by Crippen LogP contribution is 2.21. The number of hydrogen-bond acceptors (Lipinski definition) is 4. The lowest BCUT2D eigenvalue weighted by Crippen LogP contribution is -2.35. The number of rotatable bonds is 11. The van der Waals surface area contributed by atoms with Gasteiger partial charge in [-0.1, -0.05) is 83.9 Å². The van der Waals surface area contributed by atoms with Crippen LogP contribution in [0.3, 0.4) is 0 Å². The zero-order valence-electron chi connectivity index (χ0n) is 20.1. The maximum Gasteiger partial charge on any atom is 0.241 e. The number of halogens is 2. The van der Waals surface area contributed by atoms with Gasteiger partial charge in [-0.3, -0.25) is 9.88 Å². The summed E-state index contributed by atoms with van der Waals surface area (Å²) in [4.78, 5) is 6.50. The van der Waals surface area contributed by atoms with Crippen LogP contribution in [0.5, 0.6) is 0 Å². The van der Waals surface area contributed by atoms with Gasteiger partial charge in [0.15, 0.2) is 0 Å². The molecule has 0 bridgehead atoms. The van der Waals surface area contributed by atoms with Crippen LogP contribution in [0.4, 0.5) is 0 Å². The summed E-state index contributed by atoms with van der Waals surface area (Å²) in [5.41, 5.74) is 2.10. The molecule has 0 saturated heterocycles. The Morgan fingerprint density at radius 2 is 1.41 bits per heavy atom. The standard InChI is InChI=1S/C29H27Cl2N3O2S/c30-26-12-8-23(9-13-26)4-2-19-34(20-3-5-24-10-14-27(31)15-11-24)21-18-33-37(35,36)29-7-1-6-25-22-32-17-16-28(25)29/h1-17,22,33H,18-21H2. The summed E-state index contributed by atoms with van der Waals surface area (Å²) in [6.45, 7) is 2.10. The summed E-state index contributed by atoms with van der Waals surface area (Å²) < 4.78 is 28.9. The molecule has 0 atom stereocenters. The maximum absolute atomic E-state index is 13.1. The molecule has 1 N–H and O–H groups in total. The Morgan fingerprint density at radius 1 is 0.811 bits per heavy atom. The van der Waals surface area contributed by atoms with E-state index in [2.05, 4.69) is 26.8 Å². The van der Waals surface area contributed by atoms with Crippen LogP contribution >= 0.6 is 23.2 Å². The summed E-state index contributed by atoms with van der Waals surface area (Å²) in [5.74, 6) is 0. The second kappa shape index (κ2) is 13.0. The van der Waals surface area contributed by atoms with Crippen molar-refractivity contribution in [2.75, 3.05) is 26.2 Å². The van der Waals surface area contributed by atoms with Crippen LogP contribution in [0.15, 0.2) is 102 Å². The van der Waals surface area contributed by atoms with Crippen molar-refractivity contribution >= 4 is 56.1 Å². The van der Waals surface area contributed by atoms with Gasteiger partial charge >= 0.3 is 0 Å². The molecule has 0 aliphatic rings. The quantitative estimate of drug-likeness (QED) is 0.229. The maximum atomic E-state index is 13.1. The number of pyridine rings is 1. The number of aromatic nitrogens is 1. The van der Waals surface area contributed by atoms with E-state index in [0.29, 0.717) is 35.1 Å². The second-order valence-electron chi connectivity index (χ2n) is 8.42. The lowest BCUT2D eigenvalue weighted by atomic mass is 10.2. The molecule has 190 valence electrons. The smallest absolute Gasteiger partial charge is 0.241 e. The zero-order valence-corrected chi connectivity index (χ0v) is 22.4. The molecular formula is C29H27Cl2N3O2S. The third kappa shape index (κ3) is 7.99. The molecule has 4 rings (SSSR count). The largest absolute Gasteiger partial charge is 0.295 e.